The van der Waals surface area contributed by atoms with Crippen molar-refractivity contribution in [1.29, 1.82) is 0 Å². The van der Waals surface area contributed by atoms with Crippen LogP contribution in [-0.4, -0.2) is 33.4 Å². The van der Waals surface area contributed by atoms with Crippen LogP contribution in [0.5, 0.6) is 5.75 Å². The summed E-state index contributed by atoms with van der Waals surface area (Å²) in [5.74, 6) is 0.955. The molecule has 1 aliphatic heterocycles. The number of benzene rings is 1. The van der Waals surface area contributed by atoms with Gasteiger partial charge in [-0.15, -0.1) is 0 Å². The van der Waals surface area contributed by atoms with Gasteiger partial charge < -0.3 is 14.4 Å². The molecule has 0 unspecified atom stereocenters. The number of nitrogens with zero attached hydrogens (tertiary/aromatic N) is 1. The van der Waals surface area contributed by atoms with Crippen molar-refractivity contribution in [2.75, 3.05) is 38.3 Å². The average molecular weight is 237 g/mol. The van der Waals surface area contributed by atoms with E-state index >= 15 is 0 Å². The molecule has 2 rings (SSSR count). The van der Waals surface area contributed by atoms with Crippen LogP contribution in [0.15, 0.2) is 18.2 Å². The lowest BCUT2D eigenvalue weighted by Gasteiger charge is -2.30. The Morgan fingerprint density at radius 2 is 1.82 bits per heavy atom. The second-order valence-electron chi connectivity index (χ2n) is 3.77. The first kappa shape index (κ1) is 13.8. The van der Waals surface area contributed by atoms with Crippen LogP contribution in [0, 0.1) is 6.92 Å². The number of aryl methyl sites for hydroxylation is 1. The van der Waals surface area contributed by atoms with E-state index < -0.39 is 0 Å². The van der Waals surface area contributed by atoms with E-state index in [9.17, 15) is 0 Å². The summed E-state index contributed by atoms with van der Waals surface area (Å²) >= 11 is 0. The first-order valence-electron chi connectivity index (χ1n) is 6.28. The molecule has 0 spiro atoms. The molecule has 96 valence electrons. The van der Waals surface area contributed by atoms with E-state index in [-0.39, 0.29) is 0 Å². The minimum atomic E-state index is 0.803. The molecule has 0 bridgehead atoms. The summed E-state index contributed by atoms with van der Waals surface area (Å²) in [4.78, 5) is 2.31. The number of rotatable bonds is 2. The van der Waals surface area contributed by atoms with Crippen molar-refractivity contribution in [1.82, 2.24) is 0 Å². The predicted octanol–water partition coefficient (Wildman–Crippen LogP) is 2.87. The molecule has 0 radical (unpaired) electrons. The molecular weight excluding hydrogens is 214 g/mol. The van der Waals surface area contributed by atoms with Gasteiger partial charge in [-0.25, -0.2) is 0 Å². The van der Waals surface area contributed by atoms with Crippen LogP contribution in [0.3, 0.4) is 0 Å². The summed E-state index contributed by atoms with van der Waals surface area (Å²) in [6, 6.07) is 6.32. The molecule has 1 heterocycles. The molecule has 3 heteroatoms. The van der Waals surface area contributed by atoms with E-state index in [1.165, 1.54) is 11.3 Å². The van der Waals surface area contributed by atoms with Crippen molar-refractivity contribution in [3.05, 3.63) is 23.8 Å². The number of morpholine rings is 1. The van der Waals surface area contributed by atoms with E-state index in [4.69, 9.17) is 9.47 Å². The van der Waals surface area contributed by atoms with E-state index in [2.05, 4.69) is 30.0 Å². The first-order chi connectivity index (χ1) is 8.31. The third kappa shape index (κ3) is 3.63. The fourth-order valence-corrected chi connectivity index (χ4v) is 1.85. The number of methoxy groups -OCH3 is 1. The zero-order chi connectivity index (χ0) is 12.7. The summed E-state index contributed by atoms with van der Waals surface area (Å²) in [6.45, 7) is 9.57. The van der Waals surface area contributed by atoms with E-state index in [0.29, 0.717) is 0 Å². The SMILES string of the molecule is CC.COc1cc(C)ccc1N1CCOCC1. The molecule has 1 aromatic carbocycles. The maximum atomic E-state index is 5.40. The Morgan fingerprint density at radius 1 is 1.18 bits per heavy atom. The summed E-state index contributed by atoms with van der Waals surface area (Å²) in [5, 5.41) is 0. The zero-order valence-corrected chi connectivity index (χ0v) is 11.3. The second kappa shape index (κ2) is 7.17. The normalized spacial score (nSPS) is 14.9. The van der Waals surface area contributed by atoms with Crippen molar-refractivity contribution in [2.45, 2.75) is 20.8 Å². The molecule has 3 nitrogen and oxygen atoms in total. The Balaban J connectivity index is 0.000000686. The van der Waals surface area contributed by atoms with Gasteiger partial charge >= 0.3 is 0 Å². The highest BCUT2D eigenvalue weighted by Gasteiger charge is 2.14. The summed E-state index contributed by atoms with van der Waals surface area (Å²) in [7, 11) is 1.72. The van der Waals surface area contributed by atoms with Gasteiger partial charge in [0.2, 0.25) is 0 Å². The molecule has 17 heavy (non-hydrogen) atoms. The van der Waals surface area contributed by atoms with E-state index in [1.807, 2.05) is 13.8 Å². The van der Waals surface area contributed by atoms with Crippen LogP contribution in [0.4, 0.5) is 5.69 Å². The Labute approximate surface area is 104 Å². The highest BCUT2D eigenvalue weighted by atomic mass is 16.5. The lowest BCUT2D eigenvalue weighted by Crippen LogP contribution is -2.36. The highest BCUT2D eigenvalue weighted by molar-refractivity contribution is 5.59. The van der Waals surface area contributed by atoms with Crippen LogP contribution in [-0.2, 0) is 4.74 Å². The third-order valence-corrected chi connectivity index (χ3v) is 2.69. The summed E-state index contributed by atoms with van der Waals surface area (Å²) in [6.07, 6.45) is 0. The van der Waals surface area contributed by atoms with Crippen LogP contribution in [0.1, 0.15) is 19.4 Å². The monoisotopic (exact) mass is 237 g/mol. The number of hydrogen-bond donors (Lipinski definition) is 0. The van der Waals surface area contributed by atoms with Gasteiger partial charge in [-0.2, -0.15) is 0 Å². The van der Waals surface area contributed by atoms with Crippen molar-refractivity contribution in [3.63, 3.8) is 0 Å². The predicted molar refractivity (Wildman–Crippen MR) is 72.1 cm³/mol. The molecule has 1 aromatic rings. The van der Waals surface area contributed by atoms with E-state index in [0.717, 1.165) is 32.1 Å². The van der Waals surface area contributed by atoms with Gasteiger partial charge in [-0.1, -0.05) is 19.9 Å². The van der Waals surface area contributed by atoms with Crippen molar-refractivity contribution < 1.29 is 9.47 Å². The van der Waals surface area contributed by atoms with E-state index in [1.54, 1.807) is 7.11 Å². The number of ether oxygens (including phenoxy) is 2. The number of hydrogen-bond acceptors (Lipinski definition) is 3. The lowest BCUT2D eigenvalue weighted by molar-refractivity contribution is 0.122. The highest BCUT2D eigenvalue weighted by Crippen LogP contribution is 2.29. The molecule has 0 aliphatic carbocycles. The van der Waals surface area contributed by atoms with Crippen LogP contribution >= 0.6 is 0 Å². The molecule has 0 aromatic heterocycles. The van der Waals surface area contributed by atoms with Crippen LogP contribution in [0.2, 0.25) is 0 Å². The zero-order valence-electron chi connectivity index (χ0n) is 11.3. The largest absolute Gasteiger partial charge is 0.495 e. The molecule has 0 amide bonds. The lowest BCUT2D eigenvalue weighted by atomic mass is 10.2. The first-order valence-corrected chi connectivity index (χ1v) is 6.28. The average Bonchev–Trinajstić information content (AvgIpc) is 2.42. The minimum absolute atomic E-state index is 0.803. The van der Waals surface area contributed by atoms with Crippen molar-refractivity contribution in [2.24, 2.45) is 0 Å². The minimum Gasteiger partial charge on any atom is -0.495 e. The van der Waals surface area contributed by atoms with Gasteiger partial charge in [-0.05, 0) is 24.6 Å². The Hall–Kier alpha value is -1.22. The fourth-order valence-electron chi connectivity index (χ4n) is 1.85. The topological polar surface area (TPSA) is 21.7 Å². The van der Waals surface area contributed by atoms with Gasteiger partial charge in [0.25, 0.3) is 0 Å². The fraction of sp³-hybridized carbons (Fsp3) is 0.571. The third-order valence-electron chi connectivity index (χ3n) is 2.69. The summed E-state index contributed by atoms with van der Waals surface area (Å²) < 4.78 is 10.7. The standard InChI is InChI=1S/C12H17NO2.C2H6/c1-10-3-4-11(12(9-10)14-2)13-5-7-15-8-6-13;1-2/h3-4,9H,5-8H2,1-2H3;1-2H3. The van der Waals surface area contributed by atoms with Gasteiger partial charge in [0.15, 0.2) is 0 Å². The van der Waals surface area contributed by atoms with Crippen LogP contribution < -0.4 is 9.64 Å². The molecule has 0 saturated carbocycles. The van der Waals surface area contributed by atoms with Gasteiger partial charge in [0.05, 0.1) is 26.0 Å². The molecule has 1 saturated heterocycles. The molecule has 0 atom stereocenters. The Bertz CT molecular complexity index is 333. The Morgan fingerprint density at radius 3 is 2.41 bits per heavy atom. The van der Waals surface area contributed by atoms with Gasteiger partial charge in [0.1, 0.15) is 5.75 Å². The quantitative estimate of drug-likeness (QED) is 0.789. The van der Waals surface area contributed by atoms with Gasteiger partial charge in [0, 0.05) is 13.1 Å². The molecular formula is C14H23NO2. The smallest absolute Gasteiger partial charge is 0.142 e. The van der Waals surface area contributed by atoms with Crippen molar-refractivity contribution in [3.8, 4) is 5.75 Å². The second-order valence-corrected chi connectivity index (χ2v) is 3.77. The number of anilines is 1. The summed E-state index contributed by atoms with van der Waals surface area (Å²) in [5.41, 5.74) is 2.40. The maximum Gasteiger partial charge on any atom is 0.142 e. The molecule has 1 aliphatic rings. The maximum absolute atomic E-state index is 5.40. The van der Waals surface area contributed by atoms with Gasteiger partial charge in [-0.3, -0.25) is 0 Å². The molecule has 1 fully saturated rings. The van der Waals surface area contributed by atoms with Crippen LogP contribution in [0.25, 0.3) is 0 Å². The van der Waals surface area contributed by atoms with Crippen molar-refractivity contribution >= 4 is 5.69 Å². The Kier molecular flexibility index (Phi) is 5.84. The molecule has 0 N–H and O–H groups in total.